The van der Waals surface area contributed by atoms with E-state index >= 15 is 4.79 Å². The van der Waals surface area contributed by atoms with Crippen LogP contribution in [0.2, 0.25) is 5.02 Å². The number of anilines is 2. The number of carbonyl (C=O) groups is 4. The van der Waals surface area contributed by atoms with Gasteiger partial charge in [0.15, 0.2) is 11.5 Å². The molecule has 1 saturated carbocycles. The standard InChI is InChI=1S/C40H34BClFN3O8/c1-2-54-33-18-21(6-17-32(33)47)35-28-15-16-29-34(38(50)45(36(29)48)27-5-3-4-23(19-27)41(52)53)30(28)20-31-37(49)46(44-26-13-11-25(43)12-14-26)39(51)40(31,35)22-7-9-24(42)10-8-22/h3-15,17-19,29-31,34-35,44,47,52-53H,2,16,20H2,1H3/t29-,30+,31-,34-,35-,40+/m0/s1. The Morgan fingerprint density at radius 2 is 1.67 bits per heavy atom. The van der Waals surface area contributed by atoms with Crippen LogP contribution in [0.25, 0.3) is 0 Å². The lowest BCUT2D eigenvalue weighted by Gasteiger charge is -2.50. The Hall–Kier alpha value is -5.50. The van der Waals surface area contributed by atoms with Gasteiger partial charge in [-0.15, -0.1) is 0 Å². The number of hydrogen-bond acceptors (Lipinski definition) is 9. The number of aromatic hydroxyl groups is 1. The number of phenolic OH excluding ortho intramolecular Hbond substituents is 1. The maximum atomic E-state index is 15.3. The highest BCUT2D eigenvalue weighted by Crippen LogP contribution is 2.64. The zero-order valence-corrected chi connectivity index (χ0v) is 29.6. The van der Waals surface area contributed by atoms with Crippen LogP contribution in [0.15, 0.2) is 103 Å². The zero-order chi connectivity index (χ0) is 38.1. The van der Waals surface area contributed by atoms with E-state index in [0.717, 1.165) is 9.91 Å². The molecule has 4 aromatic rings. The second-order valence-electron chi connectivity index (χ2n) is 14.0. The SMILES string of the molecule is CCOc1cc([C@H]2C3=CC[C@@H]4C(=O)N(c5cccc(B(O)O)c5)C(=O)[C@@H]4[C@@H]3C[C@H]3C(=O)N(Nc4ccc(F)cc4)C(=O)[C@@]23c2ccc(Cl)cc2)ccc1O. The Morgan fingerprint density at radius 3 is 2.37 bits per heavy atom. The Balaban J connectivity index is 1.32. The third kappa shape index (κ3) is 5.40. The third-order valence-corrected chi connectivity index (χ3v) is 11.6. The molecule has 3 fully saturated rings. The summed E-state index contributed by atoms with van der Waals surface area (Å²) in [4.78, 5) is 59.8. The van der Waals surface area contributed by atoms with Crippen molar-refractivity contribution >= 4 is 59.2 Å². The van der Waals surface area contributed by atoms with Gasteiger partial charge in [0, 0.05) is 10.9 Å². The number of ether oxygens (including phenoxy) is 1. The van der Waals surface area contributed by atoms with Gasteiger partial charge in [0.05, 0.1) is 41.2 Å². The molecule has 11 nitrogen and oxygen atoms in total. The number of allylic oxidation sites excluding steroid dienone is 2. The van der Waals surface area contributed by atoms with E-state index < -0.39 is 71.6 Å². The maximum Gasteiger partial charge on any atom is 0.488 e. The first-order chi connectivity index (χ1) is 25.9. The van der Waals surface area contributed by atoms with Crippen LogP contribution in [0.4, 0.5) is 15.8 Å². The third-order valence-electron chi connectivity index (χ3n) is 11.3. The smallest absolute Gasteiger partial charge is 0.488 e. The number of phenols is 1. The molecular formula is C40H34BClFN3O8. The first kappa shape index (κ1) is 35.5. The summed E-state index contributed by atoms with van der Waals surface area (Å²) in [6, 6.07) is 22.6. The molecule has 0 bridgehead atoms. The Bertz CT molecular complexity index is 2230. The highest BCUT2D eigenvalue weighted by molar-refractivity contribution is 6.58. The van der Waals surface area contributed by atoms with Crippen molar-refractivity contribution in [1.29, 1.82) is 0 Å². The van der Waals surface area contributed by atoms with E-state index in [0.29, 0.717) is 27.4 Å². The fourth-order valence-corrected chi connectivity index (χ4v) is 9.22. The highest BCUT2D eigenvalue weighted by Gasteiger charge is 2.70. The molecule has 6 atom stereocenters. The summed E-state index contributed by atoms with van der Waals surface area (Å²) in [7, 11) is -1.82. The van der Waals surface area contributed by atoms with Gasteiger partial charge in [0.1, 0.15) is 5.82 Å². The number of halogens is 2. The summed E-state index contributed by atoms with van der Waals surface area (Å²) in [6.07, 6.45) is 2.08. The van der Waals surface area contributed by atoms with Crippen LogP contribution in [0, 0.1) is 29.5 Å². The van der Waals surface area contributed by atoms with Crippen molar-refractivity contribution in [3.63, 3.8) is 0 Å². The van der Waals surface area contributed by atoms with Gasteiger partial charge in [-0.05, 0) is 103 Å². The first-order valence-electron chi connectivity index (χ1n) is 17.6. The first-order valence-corrected chi connectivity index (χ1v) is 18.0. The molecule has 4 aliphatic rings. The molecule has 0 unspecified atom stereocenters. The van der Waals surface area contributed by atoms with Gasteiger partial charge in [-0.1, -0.05) is 53.6 Å². The number of nitrogens with one attached hydrogen (secondary N) is 1. The van der Waals surface area contributed by atoms with E-state index in [1.54, 1.807) is 49.4 Å². The van der Waals surface area contributed by atoms with Gasteiger partial charge in [-0.2, -0.15) is 5.01 Å². The van der Waals surface area contributed by atoms with Gasteiger partial charge < -0.3 is 19.9 Å². The van der Waals surface area contributed by atoms with Crippen LogP contribution in [-0.2, 0) is 24.6 Å². The number of fused-ring (bicyclic) bond motifs is 4. The number of carbonyl (C=O) groups excluding carboxylic acids is 4. The van der Waals surface area contributed by atoms with Crippen LogP contribution < -0.4 is 20.5 Å². The topological polar surface area (TPSA) is 157 Å². The molecule has 0 spiro atoms. The molecule has 274 valence electrons. The summed E-state index contributed by atoms with van der Waals surface area (Å²) >= 11 is 6.36. The van der Waals surface area contributed by atoms with Gasteiger partial charge >= 0.3 is 7.12 Å². The molecule has 2 aliphatic carbocycles. The second-order valence-corrected chi connectivity index (χ2v) is 14.5. The summed E-state index contributed by atoms with van der Waals surface area (Å²) < 4.78 is 19.7. The molecule has 2 aliphatic heterocycles. The lowest BCUT2D eigenvalue weighted by molar-refractivity contribution is -0.138. The number of rotatable bonds is 8. The number of benzene rings is 4. The highest BCUT2D eigenvalue weighted by atomic mass is 35.5. The zero-order valence-electron chi connectivity index (χ0n) is 28.9. The van der Waals surface area contributed by atoms with E-state index in [9.17, 15) is 33.9 Å². The maximum absolute atomic E-state index is 15.3. The Labute approximate surface area is 314 Å². The summed E-state index contributed by atoms with van der Waals surface area (Å²) in [5.74, 6) is -6.91. The number of hydrogen-bond donors (Lipinski definition) is 4. The number of amides is 4. The molecule has 14 heteroatoms. The van der Waals surface area contributed by atoms with Crippen LogP contribution in [0.5, 0.6) is 11.5 Å². The number of nitrogens with zero attached hydrogens (tertiary/aromatic N) is 2. The van der Waals surface area contributed by atoms with E-state index in [1.807, 2.05) is 6.08 Å². The monoisotopic (exact) mass is 749 g/mol. The van der Waals surface area contributed by atoms with Crippen molar-refractivity contribution < 1.29 is 43.5 Å². The molecule has 8 rings (SSSR count). The van der Waals surface area contributed by atoms with E-state index in [-0.39, 0.29) is 42.1 Å². The molecule has 2 heterocycles. The fourth-order valence-electron chi connectivity index (χ4n) is 9.09. The molecular weight excluding hydrogens is 716 g/mol. The van der Waals surface area contributed by atoms with Crippen LogP contribution in [0.1, 0.15) is 36.8 Å². The lowest BCUT2D eigenvalue weighted by Crippen LogP contribution is -2.53. The van der Waals surface area contributed by atoms with Crippen LogP contribution >= 0.6 is 11.6 Å². The number of imide groups is 2. The molecule has 2 saturated heterocycles. The quantitative estimate of drug-likeness (QED) is 0.116. The van der Waals surface area contributed by atoms with Crippen molar-refractivity contribution in [3.8, 4) is 11.5 Å². The molecule has 0 radical (unpaired) electrons. The largest absolute Gasteiger partial charge is 0.504 e. The van der Waals surface area contributed by atoms with E-state index in [1.165, 1.54) is 48.5 Å². The molecule has 0 aromatic heterocycles. The van der Waals surface area contributed by atoms with Crippen LogP contribution in [-0.4, -0.2) is 57.5 Å². The minimum atomic E-state index is -1.82. The Morgan fingerprint density at radius 1 is 0.926 bits per heavy atom. The predicted molar refractivity (Wildman–Crippen MR) is 197 cm³/mol. The van der Waals surface area contributed by atoms with Crippen molar-refractivity contribution in [2.24, 2.45) is 23.7 Å². The molecule has 4 aromatic carbocycles. The average molecular weight is 750 g/mol. The minimum absolute atomic E-state index is 0.0248. The number of hydrazine groups is 1. The fraction of sp³-hybridized carbons (Fsp3) is 0.250. The predicted octanol–water partition coefficient (Wildman–Crippen LogP) is 4.45. The molecule has 4 N–H and O–H groups in total. The van der Waals surface area contributed by atoms with Gasteiger partial charge in [-0.25, -0.2) is 4.39 Å². The minimum Gasteiger partial charge on any atom is -0.504 e. The summed E-state index contributed by atoms with van der Waals surface area (Å²) in [5, 5.41) is 31.8. The van der Waals surface area contributed by atoms with E-state index in [4.69, 9.17) is 16.3 Å². The van der Waals surface area contributed by atoms with Crippen molar-refractivity contribution in [2.75, 3.05) is 16.9 Å². The normalized spacial score (nSPS) is 25.9. The van der Waals surface area contributed by atoms with Gasteiger partial charge in [0.2, 0.25) is 11.8 Å². The molecule has 54 heavy (non-hydrogen) atoms. The second kappa shape index (κ2) is 13.4. The van der Waals surface area contributed by atoms with Crippen molar-refractivity contribution in [3.05, 3.63) is 125 Å². The lowest BCUT2D eigenvalue weighted by atomic mass is 9.49. The average Bonchev–Trinajstić information content (AvgIpc) is 3.54. The molecule has 4 amide bonds. The van der Waals surface area contributed by atoms with Crippen molar-refractivity contribution in [2.45, 2.75) is 31.1 Å². The van der Waals surface area contributed by atoms with Crippen molar-refractivity contribution in [1.82, 2.24) is 5.01 Å². The van der Waals surface area contributed by atoms with Gasteiger partial charge in [0.25, 0.3) is 11.8 Å². The Kier molecular flexibility index (Phi) is 8.83. The van der Waals surface area contributed by atoms with E-state index in [2.05, 4.69) is 5.43 Å². The summed E-state index contributed by atoms with van der Waals surface area (Å²) in [6.45, 7) is 2.00. The van der Waals surface area contributed by atoms with Crippen LogP contribution in [0.3, 0.4) is 0 Å². The van der Waals surface area contributed by atoms with Gasteiger partial charge in [-0.3, -0.25) is 29.5 Å². The summed E-state index contributed by atoms with van der Waals surface area (Å²) in [5.41, 5.74) is 3.61.